The topological polar surface area (TPSA) is 92.5 Å². The van der Waals surface area contributed by atoms with Crippen LogP contribution in [0.2, 0.25) is 0 Å². The smallest absolute Gasteiger partial charge is 0.254 e. The van der Waals surface area contributed by atoms with Crippen LogP contribution in [0.25, 0.3) is 5.78 Å². The van der Waals surface area contributed by atoms with Gasteiger partial charge >= 0.3 is 0 Å². The summed E-state index contributed by atoms with van der Waals surface area (Å²) in [6, 6.07) is 9.43. The first-order valence-corrected chi connectivity index (χ1v) is 9.97. The summed E-state index contributed by atoms with van der Waals surface area (Å²) < 4.78 is 1.72. The van der Waals surface area contributed by atoms with Crippen molar-refractivity contribution in [3.8, 4) is 0 Å². The third-order valence-corrected chi connectivity index (χ3v) is 5.42. The van der Waals surface area contributed by atoms with E-state index in [1.54, 1.807) is 15.5 Å². The first-order chi connectivity index (χ1) is 13.5. The summed E-state index contributed by atoms with van der Waals surface area (Å²) in [6.45, 7) is 4.99. The molecule has 8 nitrogen and oxygen atoms in total. The van der Waals surface area contributed by atoms with Gasteiger partial charge < -0.3 is 10.2 Å². The standard InChI is InChI=1S/C19H20N6O2S/c1-12-9-13(2)25-18(21-12)22-19(23-25)28-11-14-5-3-4-6-15(14)17(27)24-8-7-20-16(26)10-24/h3-6,9H,7-8,10-11H2,1-2H3,(H,20,26). The Balaban J connectivity index is 1.53. The molecule has 0 unspecified atom stereocenters. The number of rotatable bonds is 4. The predicted octanol–water partition coefficient (Wildman–Crippen LogP) is 1.61. The summed E-state index contributed by atoms with van der Waals surface area (Å²) in [7, 11) is 0. The quantitative estimate of drug-likeness (QED) is 0.674. The van der Waals surface area contributed by atoms with E-state index >= 15 is 0 Å². The Labute approximate surface area is 166 Å². The van der Waals surface area contributed by atoms with Gasteiger partial charge in [-0.05, 0) is 31.5 Å². The molecule has 1 aliphatic heterocycles. The predicted molar refractivity (Wildman–Crippen MR) is 105 cm³/mol. The van der Waals surface area contributed by atoms with E-state index in [9.17, 15) is 9.59 Å². The van der Waals surface area contributed by atoms with Crippen molar-refractivity contribution in [2.75, 3.05) is 19.6 Å². The second-order valence-corrected chi connectivity index (χ2v) is 7.61. The van der Waals surface area contributed by atoms with Gasteiger partial charge in [-0.2, -0.15) is 4.98 Å². The normalized spacial score (nSPS) is 14.4. The van der Waals surface area contributed by atoms with Crippen LogP contribution in [0.4, 0.5) is 0 Å². The molecule has 0 atom stereocenters. The van der Waals surface area contributed by atoms with E-state index in [-0.39, 0.29) is 18.4 Å². The Morgan fingerprint density at radius 2 is 2.07 bits per heavy atom. The van der Waals surface area contributed by atoms with Crippen LogP contribution in [0.5, 0.6) is 0 Å². The van der Waals surface area contributed by atoms with E-state index in [1.165, 1.54) is 11.8 Å². The fraction of sp³-hybridized carbons (Fsp3) is 0.316. The lowest BCUT2D eigenvalue weighted by Crippen LogP contribution is -2.50. The van der Waals surface area contributed by atoms with Crippen LogP contribution in [0.15, 0.2) is 35.5 Å². The number of aryl methyl sites for hydroxylation is 2. The molecule has 2 amide bonds. The van der Waals surface area contributed by atoms with Gasteiger partial charge in [-0.25, -0.2) is 9.50 Å². The number of hydrogen-bond donors (Lipinski definition) is 1. The molecule has 2 aromatic heterocycles. The molecule has 144 valence electrons. The lowest BCUT2D eigenvalue weighted by molar-refractivity contribution is -0.123. The number of amides is 2. The van der Waals surface area contributed by atoms with Gasteiger partial charge in [-0.1, -0.05) is 30.0 Å². The molecule has 0 saturated carbocycles. The van der Waals surface area contributed by atoms with Gasteiger partial charge in [0, 0.05) is 35.8 Å². The van der Waals surface area contributed by atoms with Crippen molar-refractivity contribution in [2.24, 2.45) is 0 Å². The van der Waals surface area contributed by atoms with Crippen LogP contribution >= 0.6 is 11.8 Å². The van der Waals surface area contributed by atoms with Crippen molar-refractivity contribution in [1.82, 2.24) is 29.8 Å². The van der Waals surface area contributed by atoms with Crippen LogP contribution < -0.4 is 5.32 Å². The molecule has 3 heterocycles. The molecule has 0 spiro atoms. The number of nitrogens with one attached hydrogen (secondary N) is 1. The van der Waals surface area contributed by atoms with Gasteiger partial charge in [0.2, 0.25) is 11.1 Å². The Bertz CT molecular complexity index is 1060. The highest BCUT2D eigenvalue weighted by Crippen LogP contribution is 2.23. The van der Waals surface area contributed by atoms with Crippen molar-refractivity contribution in [3.63, 3.8) is 0 Å². The van der Waals surface area contributed by atoms with Gasteiger partial charge in [0.05, 0.1) is 6.54 Å². The van der Waals surface area contributed by atoms with Gasteiger partial charge in [0.25, 0.3) is 11.7 Å². The molecule has 9 heteroatoms. The molecule has 3 aromatic rings. The van der Waals surface area contributed by atoms with Crippen molar-refractivity contribution >= 4 is 29.4 Å². The van der Waals surface area contributed by atoms with Gasteiger partial charge in [-0.15, -0.1) is 5.10 Å². The van der Waals surface area contributed by atoms with Gasteiger partial charge in [0.15, 0.2) is 0 Å². The lowest BCUT2D eigenvalue weighted by Gasteiger charge is -2.27. The lowest BCUT2D eigenvalue weighted by atomic mass is 10.1. The third-order valence-electron chi connectivity index (χ3n) is 4.53. The fourth-order valence-electron chi connectivity index (χ4n) is 3.19. The number of nitrogens with zero attached hydrogens (tertiary/aromatic N) is 5. The molecule has 1 aliphatic rings. The Kier molecular flexibility index (Phi) is 4.99. The van der Waals surface area contributed by atoms with Crippen LogP contribution in [0.3, 0.4) is 0 Å². The van der Waals surface area contributed by atoms with E-state index in [0.29, 0.717) is 35.3 Å². The second-order valence-electron chi connectivity index (χ2n) is 6.67. The van der Waals surface area contributed by atoms with Crippen molar-refractivity contribution < 1.29 is 9.59 Å². The Morgan fingerprint density at radius 1 is 1.25 bits per heavy atom. The molecular weight excluding hydrogens is 376 g/mol. The monoisotopic (exact) mass is 396 g/mol. The molecular formula is C19H20N6O2S. The van der Waals surface area contributed by atoms with E-state index in [2.05, 4.69) is 20.4 Å². The first-order valence-electron chi connectivity index (χ1n) is 8.99. The average Bonchev–Trinajstić information content (AvgIpc) is 3.09. The molecule has 0 aliphatic carbocycles. The van der Waals surface area contributed by atoms with Crippen LogP contribution in [-0.2, 0) is 10.5 Å². The number of piperazine rings is 1. The highest BCUT2D eigenvalue weighted by molar-refractivity contribution is 7.98. The number of fused-ring (bicyclic) bond motifs is 1. The van der Waals surface area contributed by atoms with Crippen molar-refractivity contribution in [2.45, 2.75) is 24.8 Å². The molecule has 4 rings (SSSR count). The largest absolute Gasteiger partial charge is 0.353 e. The highest BCUT2D eigenvalue weighted by Gasteiger charge is 2.24. The van der Waals surface area contributed by atoms with Crippen molar-refractivity contribution in [1.29, 1.82) is 0 Å². The Morgan fingerprint density at radius 3 is 2.89 bits per heavy atom. The molecule has 1 saturated heterocycles. The van der Waals surface area contributed by atoms with Gasteiger partial charge in [0.1, 0.15) is 0 Å². The molecule has 0 radical (unpaired) electrons. The molecule has 1 aromatic carbocycles. The number of aromatic nitrogens is 4. The molecule has 1 N–H and O–H groups in total. The number of hydrogen-bond acceptors (Lipinski definition) is 6. The third kappa shape index (κ3) is 3.70. The van der Waals surface area contributed by atoms with Crippen LogP contribution in [0.1, 0.15) is 27.3 Å². The summed E-state index contributed by atoms with van der Waals surface area (Å²) >= 11 is 1.46. The minimum absolute atomic E-state index is 0.0958. The summed E-state index contributed by atoms with van der Waals surface area (Å²) in [5.41, 5.74) is 3.37. The number of carbonyl (C=O) groups is 2. The highest BCUT2D eigenvalue weighted by atomic mass is 32.2. The number of carbonyl (C=O) groups excluding carboxylic acids is 2. The van der Waals surface area contributed by atoms with E-state index in [4.69, 9.17) is 0 Å². The van der Waals surface area contributed by atoms with Gasteiger partial charge in [-0.3, -0.25) is 9.59 Å². The molecule has 28 heavy (non-hydrogen) atoms. The Hall–Kier alpha value is -2.94. The summed E-state index contributed by atoms with van der Waals surface area (Å²) in [5, 5.41) is 7.85. The van der Waals surface area contributed by atoms with E-state index in [0.717, 1.165) is 17.0 Å². The maximum Gasteiger partial charge on any atom is 0.254 e. The fourth-order valence-corrected chi connectivity index (χ4v) is 4.01. The maximum atomic E-state index is 12.9. The summed E-state index contributed by atoms with van der Waals surface area (Å²) in [4.78, 5) is 35.0. The van der Waals surface area contributed by atoms with Crippen LogP contribution in [-0.4, -0.2) is 55.9 Å². The second kappa shape index (κ2) is 7.59. The number of thioether (sulfide) groups is 1. The SMILES string of the molecule is Cc1cc(C)n2nc(SCc3ccccc3C(=O)N3CCNC(=O)C3)nc2n1. The molecule has 1 fully saturated rings. The first kappa shape index (κ1) is 18.4. The van der Waals surface area contributed by atoms with E-state index in [1.807, 2.05) is 38.1 Å². The maximum absolute atomic E-state index is 12.9. The van der Waals surface area contributed by atoms with Crippen molar-refractivity contribution in [3.05, 3.63) is 52.8 Å². The van der Waals surface area contributed by atoms with E-state index < -0.39 is 0 Å². The summed E-state index contributed by atoms with van der Waals surface area (Å²) in [5.74, 6) is 0.876. The minimum Gasteiger partial charge on any atom is -0.353 e. The average molecular weight is 396 g/mol. The van der Waals surface area contributed by atoms with Crippen LogP contribution in [0, 0.1) is 13.8 Å². The zero-order valence-electron chi connectivity index (χ0n) is 15.7. The molecule has 0 bridgehead atoms. The summed E-state index contributed by atoms with van der Waals surface area (Å²) in [6.07, 6.45) is 0. The zero-order valence-corrected chi connectivity index (χ0v) is 16.5. The number of benzene rings is 1. The zero-order chi connectivity index (χ0) is 19.7. The minimum atomic E-state index is -0.126.